The third kappa shape index (κ3) is 9.29. The Kier molecular flexibility index (Phi) is 13.2. The van der Waals surface area contributed by atoms with Gasteiger partial charge in [-0.3, -0.25) is 24.2 Å². The van der Waals surface area contributed by atoms with Crippen LogP contribution in [0.15, 0.2) is 98.5 Å². The van der Waals surface area contributed by atoms with Crippen molar-refractivity contribution in [3.8, 4) is 22.6 Å². The topological polar surface area (TPSA) is 271 Å². The van der Waals surface area contributed by atoms with Gasteiger partial charge in [-0.2, -0.15) is 0 Å². The fourth-order valence-corrected chi connectivity index (χ4v) is 8.99. The van der Waals surface area contributed by atoms with Crippen molar-refractivity contribution in [2.45, 2.75) is 94.5 Å². The average molecular weight is 898 g/mol. The molecule has 3 aliphatic heterocycles. The van der Waals surface area contributed by atoms with Crippen molar-refractivity contribution in [2.75, 3.05) is 19.8 Å². The molecule has 65 heavy (non-hydrogen) atoms. The lowest BCUT2D eigenvalue weighted by atomic mass is 9.92. The van der Waals surface area contributed by atoms with E-state index in [1.807, 2.05) is 32.0 Å². The number of carboxylic acid groups (broad SMARTS) is 1. The molecule has 3 aromatic carbocycles. The summed E-state index contributed by atoms with van der Waals surface area (Å²) in [4.78, 5) is 51.1. The zero-order valence-electron chi connectivity index (χ0n) is 35.6. The average Bonchev–Trinajstić information content (AvgIpc) is 4.03. The van der Waals surface area contributed by atoms with Gasteiger partial charge in [0.1, 0.15) is 42.2 Å². The van der Waals surface area contributed by atoms with Crippen LogP contribution in [0, 0.1) is 19.8 Å². The van der Waals surface area contributed by atoms with E-state index in [1.165, 1.54) is 41.7 Å². The van der Waals surface area contributed by atoms with Crippen LogP contribution in [0.4, 0.5) is 0 Å². The molecule has 1 saturated carbocycles. The second kappa shape index (κ2) is 18.9. The number of aliphatic hydroxyl groups is 5. The molecule has 2 fully saturated rings. The van der Waals surface area contributed by atoms with Crippen molar-refractivity contribution in [2.24, 2.45) is 10.9 Å². The summed E-state index contributed by atoms with van der Waals surface area (Å²) < 4.78 is 23.7. The standard InChI is InChI=1S/C47H51N3O15/c1-24-17-25(2)19-28(18-24)38-37-27(13-15-48-37)21-50(38)65-42-40(55)41(56)43(47(60,23-52)64-45(59)36(44(57)58)34(14-16-51)49-29-5-3-4-6-29)63-46(42)62-31-11-12-32-35(20-31)61-22-33(39(32)54)26-7-9-30(53)10-8-26/h7-13,15,17-20,22,29,34,36,40-43,46,49,51-53,55-56,60H,3-6,14,16,21,23H2,1-2H3,(H,57,58). The van der Waals surface area contributed by atoms with Crippen molar-refractivity contribution in [1.29, 1.82) is 0 Å². The number of aromatic hydroxyl groups is 1. The second-order valence-electron chi connectivity index (χ2n) is 16.9. The number of esters is 1. The maximum Gasteiger partial charge on any atom is 0.324 e. The van der Waals surface area contributed by atoms with E-state index in [2.05, 4.69) is 10.3 Å². The lowest BCUT2D eigenvalue weighted by Crippen LogP contribution is -2.68. The number of hydrogen-bond acceptors (Lipinski definition) is 17. The van der Waals surface area contributed by atoms with Crippen LogP contribution in [-0.2, 0) is 23.9 Å². The zero-order chi connectivity index (χ0) is 46.2. The van der Waals surface area contributed by atoms with E-state index in [9.17, 15) is 50.1 Å². The first-order chi connectivity index (χ1) is 31.2. The molecule has 4 aliphatic rings. The van der Waals surface area contributed by atoms with Crippen molar-refractivity contribution >= 4 is 34.8 Å². The Morgan fingerprint density at radius 1 is 0.985 bits per heavy atom. The molecule has 8 atom stereocenters. The number of allylic oxidation sites excluding steroid dienone is 1. The SMILES string of the molecule is Cc1cc(C)cc(C2=C3N=CC=C3CN2OC2C(Oc3ccc4c(=O)c(-c5ccc(O)cc5)coc4c3)OC(C(O)(CO)OC(=O)C(C(=O)O)C(CCO)NC3CCCC3)C(O)C2O)c1. The van der Waals surface area contributed by atoms with Gasteiger partial charge in [-0.25, -0.2) is 5.06 Å². The fourth-order valence-electron chi connectivity index (χ4n) is 8.99. The highest BCUT2D eigenvalue weighted by Crippen LogP contribution is 2.41. The number of carbonyl (C=O) groups is 2. The first-order valence-electron chi connectivity index (χ1n) is 21.4. The van der Waals surface area contributed by atoms with Crippen LogP contribution in [-0.4, -0.2) is 127 Å². The molecule has 1 aromatic heterocycles. The number of carboxylic acids is 1. The lowest BCUT2D eigenvalue weighted by Gasteiger charge is -2.47. The third-order valence-electron chi connectivity index (χ3n) is 12.2. The first-order valence-corrected chi connectivity index (χ1v) is 21.4. The smallest absolute Gasteiger partial charge is 0.324 e. The summed E-state index contributed by atoms with van der Waals surface area (Å²) in [6.07, 6.45) is -2.12. The van der Waals surface area contributed by atoms with Gasteiger partial charge >= 0.3 is 11.9 Å². The summed E-state index contributed by atoms with van der Waals surface area (Å²) in [5.74, 6) is -8.33. The van der Waals surface area contributed by atoms with E-state index in [4.69, 9.17) is 23.5 Å². The minimum atomic E-state index is -3.19. The predicted molar refractivity (Wildman–Crippen MR) is 232 cm³/mol. The van der Waals surface area contributed by atoms with E-state index < -0.39 is 79.0 Å². The Morgan fingerprint density at radius 3 is 2.38 bits per heavy atom. The molecule has 8 unspecified atom stereocenters. The Morgan fingerprint density at radius 2 is 1.71 bits per heavy atom. The largest absolute Gasteiger partial charge is 0.508 e. The van der Waals surface area contributed by atoms with Crippen molar-refractivity contribution in [3.63, 3.8) is 0 Å². The minimum Gasteiger partial charge on any atom is -0.508 e. The van der Waals surface area contributed by atoms with E-state index in [0.717, 1.165) is 35.1 Å². The lowest BCUT2D eigenvalue weighted by molar-refractivity contribution is -0.372. The van der Waals surface area contributed by atoms with Gasteiger partial charge in [0.2, 0.25) is 6.29 Å². The van der Waals surface area contributed by atoms with Crippen molar-refractivity contribution in [3.05, 3.63) is 111 Å². The highest BCUT2D eigenvalue weighted by Gasteiger charge is 2.58. The number of fused-ring (bicyclic) bond motifs is 2. The normalized spacial score (nSPS) is 23.9. The summed E-state index contributed by atoms with van der Waals surface area (Å²) in [5, 5.41) is 80.8. The number of hydrogen-bond donors (Lipinski definition) is 8. The van der Waals surface area contributed by atoms with Gasteiger partial charge < -0.3 is 59.7 Å². The van der Waals surface area contributed by atoms with Crippen LogP contribution < -0.4 is 15.5 Å². The van der Waals surface area contributed by atoms with Gasteiger partial charge in [0.25, 0.3) is 5.79 Å². The first kappa shape index (κ1) is 45.6. The molecule has 18 nitrogen and oxygen atoms in total. The molecule has 8 rings (SSSR count). The van der Waals surface area contributed by atoms with Crippen molar-refractivity contribution < 1.29 is 68.8 Å². The number of ether oxygens (including phenoxy) is 3. The molecule has 1 aliphatic carbocycles. The summed E-state index contributed by atoms with van der Waals surface area (Å²) in [6.45, 7) is 2.08. The molecular weight excluding hydrogens is 847 g/mol. The quantitative estimate of drug-likeness (QED) is 0.0456. The van der Waals surface area contributed by atoms with Gasteiger partial charge in [-0.1, -0.05) is 42.2 Å². The Hall–Kier alpha value is -5.96. The zero-order valence-corrected chi connectivity index (χ0v) is 35.6. The molecule has 4 heterocycles. The van der Waals surface area contributed by atoms with Crippen LogP contribution >= 0.6 is 0 Å². The summed E-state index contributed by atoms with van der Waals surface area (Å²) >= 11 is 0. The van der Waals surface area contributed by atoms with E-state index in [0.29, 0.717) is 29.8 Å². The number of aryl methyl sites for hydroxylation is 2. The molecule has 0 bridgehead atoms. The fraction of sp³-hybridized carbons (Fsp3) is 0.404. The van der Waals surface area contributed by atoms with Crippen LogP contribution in [0.3, 0.4) is 0 Å². The highest BCUT2D eigenvalue weighted by atomic mass is 16.8. The van der Waals surface area contributed by atoms with Crippen LogP contribution in [0.2, 0.25) is 0 Å². The summed E-state index contributed by atoms with van der Waals surface area (Å²) in [6, 6.07) is 14.8. The summed E-state index contributed by atoms with van der Waals surface area (Å²) in [5.41, 5.74) is 4.94. The third-order valence-corrected chi connectivity index (χ3v) is 12.2. The molecular formula is C47H51N3O15. The molecule has 8 N–H and O–H groups in total. The molecule has 1 saturated heterocycles. The van der Waals surface area contributed by atoms with E-state index >= 15 is 0 Å². The number of aliphatic hydroxyl groups excluding tert-OH is 4. The van der Waals surface area contributed by atoms with E-state index in [-0.39, 0.29) is 47.0 Å². The van der Waals surface area contributed by atoms with Gasteiger partial charge in [0, 0.05) is 42.1 Å². The second-order valence-corrected chi connectivity index (χ2v) is 16.9. The molecule has 344 valence electrons. The number of phenols is 1. The minimum absolute atomic E-state index is 0.0160. The van der Waals surface area contributed by atoms with E-state index in [1.54, 1.807) is 24.4 Å². The number of nitrogens with one attached hydrogen (secondary N) is 1. The van der Waals surface area contributed by atoms with Gasteiger partial charge in [-0.05, 0) is 81.1 Å². The Balaban J connectivity index is 1.13. The maximum absolute atomic E-state index is 13.8. The number of phenolic OH excluding ortho intramolecular Hbond substituents is 1. The number of benzene rings is 3. The van der Waals surface area contributed by atoms with Crippen LogP contribution in [0.5, 0.6) is 11.5 Å². The van der Waals surface area contributed by atoms with Crippen LogP contribution in [0.1, 0.15) is 48.8 Å². The molecule has 0 radical (unpaired) electrons. The number of carbonyl (C=O) groups excluding carboxylic acids is 1. The molecule has 18 heteroatoms. The van der Waals surface area contributed by atoms with Gasteiger partial charge in [0.15, 0.2) is 23.6 Å². The Bertz CT molecular complexity index is 2570. The predicted octanol–water partition coefficient (Wildman–Crippen LogP) is 2.81. The number of rotatable bonds is 16. The molecule has 0 spiro atoms. The molecule has 4 aromatic rings. The Labute approximate surface area is 372 Å². The molecule has 0 amide bonds. The van der Waals surface area contributed by atoms with Gasteiger partial charge in [0.05, 0.1) is 28.9 Å². The highest BCUT2D eigenvalue weighted by molar-refractivity contribution is 5.95. The number of hydroxylamine groups is 2. The maximum atomic E-state index is 13.8. The number of nitrogens with zero attached hydrogens (tertiary/aromatic N) is 2. The monoisotopic (exact) mass is 897 g/mol. The van der Waals surface area contributed by atoms with Crippen LogP contribution in [0.25, 0.3) is 27.8 Å². The number of aliphatic carboxylic acids is 1. The summed E-state index contributed by atoms with van der Waals surface area (Å²) in [7, 11) is 0. The van der Waals surface area contributed by atoms with Crippen molar-refractivity contribution in [1.82, 2.24) is 10.4 Å². The van der Waals surface area contributed by atoms with Gasteiger partial charge in [-0.15, -0.1) is 0 Å². The number of aliphatic imine (C=N–C) groups is 1.